The molecule has 15 heavy (non-hydrogen) atoms. The minimum Gasteiger partial charge on any atom is -0.503 e. The number of rotatable bonds is 2. The second-order valence-electron chi connectivity index (χ2n) is 3.73. The Kier molecular flexibility index (Phi) is 3.23. The summed E-state index contributed by atoms with van der Waals surface area (Å²) in [6, 6.07) is 9.99. The van der Waals surface area contributed by atoms with Crippen molar-refractivity contribution < 1.29 is 5.11 Å². The summed E-state index contributed by atoms with van der Waals surface area (Å²) in [4.78, 5) is 0. The second-order valence-corrected chi connectivity index (χ2v) is 3.73. The maximum Gasteiger partial charge on any atom is 0.152 e. The fourth-order valence-corrected chi connectivity index (χ4v) is 1.73. The molecule has 1 atom stereocenters. The summed E-state index contributed by atoms with van der Waals surface area (Å²) in [5.41, 5.74) is 3.98. The molecule has 2 rings (SSSR count). The van der Waals surface area contributed by atoms with Crippen molar-refractivity contribution in [3.8, 4) is 0 Å². The SMILES string of the molecule is OC(=C=Cc1ccccc1)[C@@H]1CCCN1. The molecule has 0 saturated carbocycles. The number of hydrogen-bond donors (Lipinski definition) is 2. The van der Waals surface area contributed by atoms with Gasteiger partial charge in [0.2, 0.25) is 0 Å². The molecule has 0 radical (unpaired) electrons. The number of benzene rings is 1. The lowest BCUT2D eigenvalue weighted by molar-refractivity contribution is 0.356. The van der Waals surface area contributed by atoms with Gasteiger partial charge in [0, 0.05) is 0 Å². The van der Waals surface area contributed by atoms with Crippen molar-refractivity contribution in [3.63, 3.8) is 0 Å². The highest BCUT2D eigenvalue weighted by Gasteiger charge is 2.17. The van der Waals surface area contributed by atoms with Gasteiger partial charge in [-0.1, -0.05) is 36.1 Å². The van der Waals surface area contributed by atoms with Crippen molar-refractivity contribution in [1.29, 1.82) is 0 Å². The molecule has 1 heterocycles. The highest BCUT2D eigenvalue weighted by Crippen LogP contribution is 2.11. The maximum absolute atomic E-state index is 9.72. The van der Waals surface area contributed by atoms with E-state index in [4.69, 9.17) is 0 Å². The first-order valence-electron chi connectivity index (χ1n) is 5.30. The molecule has 1 aliphatic heterocycles. The van der Waals surface area contributed by atoms with E-state index in [1.807, 2.05) is 36.4 Å². The lowest BCUT2D eigenvalue weighted by Crippen LogP contribution is -2.22. The molecule has 78 valence electrons. The summed E-state index contributed by atoms with van der Waals surface area (Å²) in [6.07, 6.45) is 3.94. The van der Waals surface area contributed by atoms with Gasteiger partial charge in [0.25, 0.3) is 0 Å². The van der Waals surface area contributed by atoms with Gasteiger partial charge in [-0.25, -0.2) is 0 Å². The Morgan fingerprint density at radius 1 is 1.40 bits per heavy atom. The number of aliphatic hydroxyl groups is 1. The van der Waals surface area contributed by atoms with E-state index in [2.05, 4.69) is 11.0 Å². The first-order valence-corrected chi connectivity index (χ1v) is 5.30. The molecule has 1 aromatic carbocycles. The van der Waals surface area contributed by atoms with Crippen molar-refractivity contribution in [2.45, 2.75) is 18.9 Å². The molecule has 1 aromatic rings. The van der Waals surface area contributed by atoms with E-state index in [0.29, 0.717) is 5.76 Å². The molecular weight excluding hydrogens is 186 g/mol. The topological polar surface area (TPSA) is 32.3 Å². The van der Waals surface area contributed by atoms with Crippen LogP contribution < -0.4 is 5.32 Å². The Labute approximate surface area is 89.9 Å². The largest absolute Gasteiger partial charge is 0.503 e. The van der Waals surface area contributed by atoms with E-state index in [1.165, 1.54) is 0 Å². The molecule has 0 spiro atoms. The van der Waals surface area contributed by atoms with E-state index >= 15 is 0 Å². The normalized spacial score (nSPS) is 19.6. The van der Waals surface area contributed by atoms with E-state index in [-0.39, 0.29) is 6.04 Å². The molecule has 0 amide bonds. The Hall–Kier alpha value is -1.50. The van der Waals surface area contributed by atoms with Gasteiger partial charge in [-0.2, -0.15) is 0 Å². The van der Waals surface area contributed by atoms with Crippen LogP contribution in [0, 0.1) is 0 Å². The number of hydrogen-bond acceptors (Lipinski definition) is 2. The lowest BCUT2D eigenvalue weighted by atomic mass is 10.2. The molecule has 0 unspecified atom stereocenters. The maximum atomic E-state index is 9.72. The van der Waals surface area contributed by atoms with Crippen LogP contribution in [-0.2, 0) is 0 Å². The molecule has 0 aliphatic carbocycles. The average Bonchev–Trinajstić information content (AvgIpc) is 2.81. The molecule has 2 heteroatoms. The van der Waals surface area contributed by atoms with Crippen LogP contribution in [0.25, 0.3) is 6.08 Å². The van der Waals surface area contributed by atoms with Crippen molar-refractivity contribution in [2.24, 2.45) is 0 Å². The predicted octanol–water partition coefficient (Wildman–Crippen LogP) is 2.49. The van der Waals surface area contributed by atoms with Crippen LogP contribution in [0.5, 0.6) is 0 Å². The van der Waals surface area contributed by atoms with Crippen LogP contribution in [0.2, 0.25) is 0 Å². The Morgan fingerprint density at radius 3 is 2.87 bits per heavy atom. The zero-order valence-corrected chi connectivity index (χ0v) is 8.61. The number of aliphatic hydroxyl groups excluding tert-OH is 1. The van der Waals surface area contributed by atoms with Crippen LogP contribution in [0.15, 0.2) is 41.8 Å². The van der Waals surface area contributed by atoms with Gasteiger partial charge in [-0.3, -0.25) is 0 Å². The molecule has 1 fully saturated rings. The average molecular weight is 201 g/mol. The van der Waals surface area contributed by atoms with Crippen molar-refractivity contribution in [1.82, 2.24) is 5.32 Å². The summed E-state index contributed by atoms with van der Waals surface area (Å²) in [7, 11) is 0. The van der Waals surface area contributed by atoms with Crippen LogP contribution in [0.3, 0.4) is 0 Å². The van der Waals surface area contributed by atoms with Gasteiger partial charge in [0.1, 0.15) is 0 Å². The smallest absolute Gasteiger partial charge is 0.152 e. The highest BCUT2D eigenvalue weighted by molar-refractivity contribution is 5.48. The molecule has 1 aliphatic rings. The van der Waals surface area contributed by atoms with Gasteiger partial charge < -0.3 is 10.4 Å². The lowest BCUT2D eigenvalue weighted by Gasteiger charge is -2.05. The van der Waals surface area contributed by atoms with Crippen LogP contribution in [0.4, 0.5) is 0 Å². The summed E-state index contributed by atoms with van der Waals surface area (Å²) >= 11 is 0. The highest BCUT2D eigenvalue weighted by atomic mass is 16.3. The van der Waals surface area contributed by atoms with Crippen LogP contribution in [0.1, 0.15) is 18.4 Å². The Bertz CT molecular complexity index is 371. The minimum absolute atomic E-state index is 0.102. The first kappa shape index (κ1) is 10.0. The van der Waals surface area contributed by atoms with E-state index in [1.54, 1.807) is 0 Å². The van der Waals surface area contributed by atoms with Crippen LogP contribution in [-0.4, -0.2) is 17.7 Å². The van der Waals surface area contributed by atoms with Crippen molar-refractivity contribution in [2.75, 3.05) is 6.54 Å². The quantitative estimate of drug-likeness (QED) is 0.569. The van der Waals surface area contributed by atoms with Crippen LogP contribution >= 0.6 is 0 Å². The summed E-state index contributed by atoms with van der Waals surface area (Å²) in [5, 5.41) is 12.9. The number of nitrogens with one attached hydrogen (secondary N) is 1. The zero-order chi connectivity index (χ0) is 10.5. The standard InChI is InChI=1S/C13H15NO/c15-13(12-7-4-10-14-12)9-8-11-5-2-1-3-6-11/h1-3,5-6,8,12,14-15H,4,7,10H2/t9?,12-/m0/s1. The van der Waals surface area contributed by atoms with E-state index in [0.717, 1.165) is 24.9 Å². The molecule has 1 saturated heterocycles. The Morgan fingerprint density at radius 2 is 2.20 bits per heavy atom. The van der Waals surface area contributed by atoms with Gasteiger partial charge in [0.05, 0.1) is 6.04 Å². The monoisotopic (exact) mass is 201 g/mol. The fraction of sp³-hybridized carbons (Fsp3) is 0.308. The molecule has 2 N–H and O–H groups in total. The zero-order valence-electron chi connectivity index (χ0n) is 8.61. The first-order chi connectivity index (χ1) is 7.36. The summed E-state index contributed by atoms with van der Waals surface area (Å²) in [6.45, 7) is 0.988. The summed E-state index contributed by atoms with van der Waals surface area (Å²) in [5.74, 6) is 0.316. The third-order valence-electron chi connectivity index (χ3n) is 2.58. The van der Waals surface area contributed by atoms with Gasteiger partial charge in [-0.05, 0) is 31.0 Å². The third kappa shape index (κ3) is 2.72. The molecule has 0 bridgehead atoms. The van der Waals surface area contributed by atoms with Crippen molar-refractivity contribution >= 4 is 6.08 Å². The Balaban J connectivity index is 2.11. The molecular formula is C13H15NO. The minimum atomic E-state index is 0.102. The third-order valence-corrected chi connectivity index (χ3v) is 2.58. The van der Waals surface area contributed by atoms with Crippen molar-refractivity contribution in [3.05, 3.63) is 47.4 Å². The van der Waals surface area contributed by atoms with Gasteiger partial charge in [0.15, 0.2) is 5.76 Å². The fourth-order valence-electron chi connectivity index (χ4n) is 1.73. The van der Waals surface area contributed by atoms with E-state index < -0.39 is 0 Å². The molecule has 0 aromatic heterocycles. The predicted molar refractivity (Wildman–Crippen MR) is 61.6 cm³/mol. The van der Waals surface area contributed by atoms with E-state index in [9.17, 15) is 5.11 Å². The summed E-state index contributed by atoms with van der Waals surface area (Å²) < 4.78 is 0. The van der Waals surface area contributed by atoms with Gasteiger partial charge in [-0.15, -0.1) is 0 Å². The van der Waals surface area contributed by atoms with Gasteiger partial charge >= 0.3 is 0 Å². The molecule has 2 nitrogen and oxygen atoms in total. The second kappa shape index (κ2) is 4.83.